The first kappa shape index (κ1) is 22.7. The molecular formula is C37H23N3S. The lowest BCUT2D eigenvalue weighted by atomic mass is 9.97. The van der Waals surface area contributed by atoms with Crippen LogP contribution in [0.3, 0.4) is 0 Å². The molecule has 0 amide bonds. The monoisotopic (exact) mass is 541 g/mol. The van der Waals surface area contributed by atoms with Gasteiger partial charge in [0.1, 0.15) is 0 Å². The minimum absolute atomic E-state index is 0.694. The van der Waals surface area contributed by atoms with Gasteiger partial charge in [0.25, 0.3) is 0 Å². The highest BCUT2D eigenvalue weighted by molar-refractivity contribution is 7.27. The van der Waals surface area contributed by atoms with Gasteiger partial charge in [-0.1, -0.05) is 109 Å². The Kier molecular flexibility index (Phi) is 4.69. The molecule has 4 heteroatoms. The average Bonchev–Trinajstić information content (AvgIpc) is 3.58. The third-order valence-electron chi connectivity index (χ3n) is 8.24. The Balaban J connectivity index is 1.55. The van der Waals surface area contributed by atoms with Gasteiger partial charge in [0, 0.05) is 37.2 Å². The van der Waals surface area contributed by atoms with Crippen molar-refractivity contribution in [1.82, 2.24) is 14.5 Å². The van der Waals surface area contributed by atoms with Crippen LogP contribution in [0.2, 0.25) is 0 Å². The molecule has 0 fully saturated rings. The van der Waals surface area contributed by atoms with Gasteiger partial charge < -0.3 is 0 Å². The number of thiophene rings is 1. The Morgan fingerprint density at radius 1 is 0.585 bits per heavy atom. The summed E-state index contributed by atoms with van der Waals surface area (Å²) in [6, 6.07) is 43.1. The first-order valence-corrected chi connectivity index (χ1v) is 14.7. The van der Waals surface area contributed by atoms with Crippen LogP contribution in [-0.2, 0) is 0 Å². The van der Waals surface area contributed by atoms with Crippen molar-refractivity contribution in [2.75, 3.05) is 0 Å². The van der Waals surface area contributed by atoms with Crippen LogP contribution in [0.1, 0.15) is 5.56 Å². The largest absolute Gasteiger partial charge is 0.276 e. The fourth-order valence-corrected chi connectivity index (χ4v) is 7.74. The van der Waals surface area contributed by atoms with Crippen molar-refractivity contribution in [2.24, 2.45) is 0 Å². The molecule has 0 N–H and O–H groups in total. The molecule has 0 bridgehead atoms. The fourth-order valence-electron chi connectivity index (χ4n) is 6.48. The molecule has 3 heterocycles. The van der Waals surface area contributed by atoms with E-state index in [1.807, 2.05) is 17.4 Å². The Morgan fingerprint density at radius 3 is 2.20 bits per heavy atom. The SMILES string of the molecule is Cc1ccc2c(c1)c1c3ccccc3n(-c3nc(-c4ccccc4)c4ccccc4n3)c1c1sc3ccccc3c21. The van der Waals surface area contributed by atoms with Crippen LogP contribution in [0.25, 0.3) is 80.9 Å². The predicted molar refractivity (Wildman–Crippen MR) is 174 cm³/mol. The number of nitrogens with zero attached hydrogens (tertiary/aromatic N) is 3. The smallest absolute Gasteiger partial charge is 0.235 e. The van der Waals surface area contributed by atoms with Gasteiger partial charge in [-0.3, -0.25) is 4.57 Å². The van der Waals surface area contributed by atoms with E-state index in [2.05, 4.69) is 127 Å². The molecule has 0 atom stereocenters. The van der Waals surface area contributed by atoms with Crippen molar-refractivity contribution in [1.29, 1.82) is 0 Å². The molecule has 0 radical (unpaired) electrons. The number of para-hydroxylation sites is 2. The second kappa shape index (κ2) is 8.47. The van der Waals surface area contributed by atoms with Crippen LogP contribution < -0.4 is 0 Å². The summed E-state index contributed by atoms with van der Waals surface area (Å²) >= 11 is 1.86. The van der Waals surface area contributed by atoms with Gasteiger partial charge in [-0.2, -0.15) is 0 Å². The zero-order valence-electron chi connectivity index (χ0n) is 22.3. The summed E-state index contributed by atoms with van der Waals surface area (Å²) in [4.78, 5) is 10.5. The number of aryl methyl sites for hydroxylation is 1. The number of benzene rings is 6. The molecule has 0 saturated carbocycles. The van der Waals surface area contributed by atoms with Gasteiger partial charge >= 0.3 is 0 Å². The number of rotatable bonds is 2. The van der Waals surface area contributed by atoms with E-state index in [9.17, 15) is 0 Å². The van der Waals surface area contributed by atoms with Gasteiger partial charge in [0.2, 0.25) is 5.95 Å². The quantitative estimate of drug-likeness (QED) is 0.218. The van der Waals surface area contributed by atoms with E-state index in [1.54, 1.807) is 0 Å². The molecule has 0 spiro atoms. The molecule has 0 aliphatic heterocycles. The highest BCUT2D eigenvalue weighted by atomic mass is 32.1. The van der Waals surface area contributed by atoms with Crippen molar-refractivity contribution in [2.45, 2.75) is 6.92 Å². The second-order valence-electron chi connectivity index (χ2n) is 10.7. The standard InChI is InChI=1S/C37H23N3S/c1-22-19-20-24-28(21-22)32-26-14-6-9-17-30(26)40(35(32)36-33(24)27-15-7-10-18-31(27)41-36)37-38-29-16-8-5-13-25(29)34(39-37)23-11-3-2-4-12-23/h2-21H,1H3. The lowest BCUT2D eigenvalue weighted by molar-refractivity contribution is 1.02. The van der Waals surface area contributed by atoms with Crippen LogP contribution in [0.4, 0.5) is 0 Å². The Hall–Kier alpha value is -5.06. The molecule has 0 saturated heterocycles. The summed E-state index contributed by atoms with van der Waals surface area (Å²) in [6.07, 6.45) is 0. The summed E-state index contributed by atoms with van der Waals surface area (Å²) in [5.41, 5.74) is 6.51. The zero-order chi connectivity index (χ0) is 27.1. The molecule has 9 rings (SSSR count). The zero-order valence-corrected chi connectivity index (χ0v) is 23.1. The average molecular weight is 542 g/mol. The van der Waals surface area contributed by atoms with Crippen LogP contribution in [0, 0.1) is 6.92 Å². The van der Waals surface area contributed by atoms with Crippen molar-refractivity contribution in [3.63, 3.8) is 0 Å². The molecule has 0 aliphatic carbocycles. The maximum absolute atomic E-state index is 5.33. The maximum Gasteiger partial charge on any atom is 0.235 e. The first-order chi connectivity index (χ1) is 20.3. The lowest BCUT2D eigenvalue weighted by Gasteiger charge is -2.12. The van der Waals surface area contributed by atoms with Gasteiger partial charge in [0.15, 0.2) is 0 Å². The first-order valence-electron chi connectivity index (χ1n) is 13.9. The van der Waals surface area contributed by atoms with E-state index >= 15 is 0 Å². The van der Waals surface area contributed by atoms with Gasteiger partial charge in [-0.25, -0.2) is 9.97 Å². The van der Waals surface area contributed by atoms with Crippen molar-refractivity contribution >= 4 is 75.0 Å². The van der Waals surface area contributed by atoms with Gasteiger partial charge in [-0.15, -0.1) is 11.3 Å². The number of hydrogen-bond donors (Lipinski definition) is 0. The normalized spacial score (nSPS) is 12.0. The molecule has 6 aromatic carbocycles. The van der Waals surface area contributed by atoms with Crippen molar-refractivity contribution in [3.8, 4) is 17.2 Å². The third kappa shape index (κ3) is 3.19. The lowest BCUT2D eigenvalue weighted by Crippen LogP contribution is -2.03. The van der Waals surface area contributed by atoms with Crippen LogP contribution >= 0.6 is 11.3 Å². The summed E-state index contributed by atoms with van der Waals surface area (Å²) in [6.45, 7) is 2.18. The van der Waals surface area contributed by atoms with Gasteiger partial charge in [0.05, 0.1) is 26.9 Å². The molecule has 0 unspecified atom stereocenters. The molecule has 9 aromatic rings. The maximum atomic E-state index is 5.33. The number of fused-ring (bicyclic) bond motifs is 11. The summed E-state index contributed by atoms with van der Waals surface area (Å²) in [7, 11) is 0. The summed E-state index contributed by atoms with van der Waals surface area (Å²) in [5.74, 6) is 0.694. The van der Waals surface area contributed by atoms with E-state index in [4.69, 9.17) is 9.97 Å². The van der Waals surface area contributed by atoms with E-state index in [0.29, 0.717) is 5.95 Å². The van der Waals surface area contributed by atoms with Crippen LogP contribution in [-0.4, -0.2) is 14.5 Å². The molecule has 3 aromatic heterocycles. The molecular weight excluding hydrogens is 518 g/mol. The predicted octanol–water partition coefficient (Wildman–Crippen LogP) is 10.2. The van der Waals surface area contributed by atoms with Gasteiger partial charge in [-0.05, 0) is 35.9 Å². The highest BCUT2D eigenvalue weighted by Gasteiger charge is 2.23. The second-order valence-corrected chi connectivity index (χ2v) is 11.7. The van der Waals surface area contributed by atoms with E-state index in [1.165, 1.54) is 52.8 Å². The van der Waals surface area contributed by atoms with Crippen LogP contribution in [0.5, 0.6) is 0 Å². The number of hydrogen-bond acceptors (Lipinski definition) is 3. The topological polar surface area (TPSA) is 30.7 Å². The molecule has 192 valence electrons. The van der Waals surface area contributed by atoms with Crippen molar-refractivity contribution < 1.29 is 0 Å². The summed E-state index contributed by atoms with van der Waals surface area (Å²) in [5, 5.41) is 8.70. The third-order valence-corrected chi connectivity index (χ3v) is 9.42. The summed E-state index contributed by atoms with van der Waals surface area (Å²) < 4.78 is 4.87. The Labute approximate surface area is 239 Å². The number of aromatic nitrogens is 3. The molecule has 0 aliphatic rings. The Morgan fingerprint density at radius 2 is 1.32 bits per heavy atom. The molecule has 41 heavy (non-hydrogen) atoms. The van der Waals surface area contributed by atoms with E-state index in [0.717, 1.165) is 27.7 Å². The Bertz CT molecular complexity index is 2490. The van der Waals surface area contributed by atoms with Crippen molar-refractivity contribution in [3.05, 3.63) is 127 Å². The van der Waals surface area contributed by atoms with E-state index < -0.39 is 0 Å². The minimum Gasteiger partial charge on any atom is -0.276 e. The highest BCUT2D eigenvalue weighted by Crippen LogP contribution is 2.47. The fraction of sp³-hybridized carbons (Fsp3) is 0.0270. The van der Waals surface area contributed by atoms with Crippen LogP contribution in [0.15, 0.2) is 121 Å². The van der Waals surface area contributed by atoms with E-state index in [-0.39, 0.29) is 0 Å². The molecule has 3 nitrogen and oxygen atoms in total. The minimum atomic E-state index is 0.694.